The molecule has 11 heteroatoms. The van der Waals surface area contributed by atoms with E-state index in [0.717, 1.165) is 5.56 Å². The maximum absolute atomic E-state index is 13.7. The first kappa shape index (κ1) is 29.9. The van der Waals surface area contributed by atoms with Crippen molar-refractivity contribution in [3.63, 3.8) is 0 Å². The second-order valence-electron chi connectivity index (χ2n) is 9.93. The number of aromatic nitrogens is 1. The van der Waals surface area contributed by atoms with Crippen LogP contribution in [-0.2, 0) is 10.0 Å². The Bertz CT molecular complexity index is 1540. The molecule has 41 heavy (non-hydrogen) atoms. The maximum atomic E-state index is 13.7. The van der Waals surface area contributed by atoms with Gasteiger partial charge in [0, 0.05) is 60.8 Å². The number of carbonyl (C=O) groups is 1. The lowest BCUT2D eigenvalue weighted by Crippen LogP contribution is -2.50. The van der Waals surface area contributed by atoms with Gasteiger partial charge in [-0.25, -0.2) is 13.2 Å². The summed E-state index contributed by atoms with van der Waals surface area (Å²) in [6.07, 6.45) is 2.72. The van der Waals surface area contributed by atoms with Crippen LogP contribution in [0.25, 0.3) is 0 Å². The Kier molecular flexibility index (Phi) is 9.50. The van der Waals surface area contributed by atoms with Crippen molar-refractivity contribution in [1.82, 2.24) is 14.2 Å². The zero-order valence-corrected chi connectivity index (χ0v) is 24.3. The third kappa shape index (κ3) is 7.16. The molecule has 3 atom stereocenters. The Morgan fingerprint density at radius 1 is 1.20 bits per heavy atom. The summed E-state index contributed by atoms with van der Waals surface area (Å²) < 4.78 is 40.3. The number of aliphatic hydroxyl groups excluding tert-OH is 1. The maximum Gasteiger partial charge on any atom is 0.321 e. The average Bonchev–Trinajstić information content (AvgIpc) is 2.97. The number of amides is 2. The summed E-state index contributed by atoms with van der Waals surface area (Å²) in [7, 11) is -0.802. The molecule has 1 aromatic heterocycles. The number of methoxy groups -OCH3 is 1. The third-order valence-electron chi connectivity index (χ3n) is 6.82. The number of hydrogen-bond donors (Lipinski definition) is 2. The molecular formula is C30H34N4O6S. The predicted molar refractivity (Wildman–Crippen MR) is 155 cm³/mol. The van der Waals surface area contributed by atoms with Gasteiger partial charge in [-0.3, -0.25) is 4.98 Å². The molecule has 216 valence electrons. The van der Waals surface area contributed by atoms with E-state index in [1.165, 1.54) is 15.3 Å². The zero-order chi connectivity index (χ0) is 29.6. The molecule has 1 aliphatic heterocycles. The van der Waals surface area contributed by atoms with Crippen LogP contribution in [0.3, 0.4) is 0 Å². The van der Waals surface area contributed by atoms with E-state index in [2.05, 4.69) is 22.1 Å². The van der Waals surface area contributed by atoms with Crippen molar-refractivity contribution in [1.29, 1.82) is 0 Å². The van der Waals surface area contributed by atoms with Crippen molar-refractivity contribution in [2.45, 2.75) is 30.9 Å². The van der Waals surface area contributed by atoms with E-state index in [-0.39, 0.29) is 42.3 Å². The van der Waals surface area contributed by atoms with Gasteiger partial charge in [0.05, 0.1) is 20.3 Å². The van der Waals surface area contributed by atoms with Gasteiger partial charge in [0.25, 0.3) is 0 Å². The van der Waals surface area contributed by atoms with Gasteiger partial charge in [-0.15, -0.1) is 0 Å². The highest BCUT2D eigenvalue weighted by molar-refractivity contribution is 7.89. The summed E-state index contributed by atoms with van der Waals surface area (Å²) in [5.41, 5.74) is 1.90. The molecule has 0 fully saturated rings. The van der Waals surface area contributed by atoms with Gasteiger partial charge in [0.15, 0.2) is 0 Å². The third-order valence-corrected chi connectivity index (χ3v) is 8.84. The van der Waals surface area contributed by atoms with Gasteiger partial charge < -0.3 is 24.8 Å². The van der Waals surface area contributed by atoms with Crippen LogP contribution in [0.5, 0.6) is 11.5 Å². The number of aliphatic hydroxyl groups is 1. The summed E-state index contributed by atoms with van der Waals surface area (Å²) in [6.45, 7) is 3.45. The number of ether oxygens (including phenoxy) is 2. The van der Waals surface area contributed by atoms with Crippen LogP contribution in [0, 0.1) is 17.8 Å². The number of urea groups is 1. The van der Waals surface area contributed by atoms with Crippen LogP contribution in [0.15, 0.2) is 71.9 Å². The van der Waals surface area contributed by atoms with Crippen molar-refractivity contribution in [3.05, 3.63) is 78.1 Å². The number of nitrogens with zero attached hydrogens (tertiary/aromatic N) is 3. The van der Waals surface area contributed by atoms with E-state index >= 15 is 0 Å². The molecule has 10 nitrogen and oxygen atoms in total. The normalized spacial score (nSPS) is 18.8. The molecule has 4 rings (SSSR count). The second kappa shape index (κ2) is 13.0. The summed E-state index contributed by atoms with van der Waals surface area (Å²) in [5.74, 6) is 6.52. The molecule has 0 saturated carbocycles. The lowest BCUT2D eigenvalue weighted by Gasteiger charge is -2.37. The van der Waals surface area contributed by atoms with Gasteiger partial charge in [0.2, 0.25) is 10.0 Å². The summed E-state index contributed by atoms with van der Waals surface area (Å²) in [4.78, 5) is 18.5. The van der Waals surface area contributed by atoms with Crippen LogP contribution in [0.1, 0.15) is 25.0 Å². The van der Waals surface area contributed by atoms with E-state index in [4.69, 9.17) is 9.47 Å². The molecule has 0 aliphatic carbocycles. The Balaban J connectivity index is 1.65. The largest absolute Gasteiger partial charge is 0.497 e. The standard InChI is InChI=1S/C30H34N4O6S/c1-21-18-34(22(2)20-35)41(37,38)29-11-10-24(9-8-23-12-14-31-15-13-23)16-27(29)40-28(21)19-33(3)30(36)32-25-6-5-7-26(17-25)39-4/h5-7,10-17,21-22,28,35H,18-20H2,1-4H3,(H,32,36)/t21-,22+,28+/m0/s1. The molecule has 1 aliphatic rings. The molecule has 0 radical (unpaired) electrons. The monoisotopic (exact) mass is 578 g/mol. The first-order chi connectivity index (χ1) is 19.6. The summed E-state index contributed by atoms with van der Waals surface area (Å²) >= 11 is 0. The molecule has 0 bridgehead atoms. The van der Waals surface area contributed by atoms with Crippen molar-refractivity contribution in [2.24, 2.45) is 5.92 Å². The molecule has 3 aromatic rings. The first-order valence-corrected chi connectivity index (χ1v) is 14.6. The number of benzene rings is 2. The number of pyridine rings is 1. The molecule has 2 heterocycles. The van der Waals surface area contributed by atoms with Gasteiger partial charge in [-0.1, -0.05) is 24.8 Å². The number of hydrogen-bond acceptors (Lipinski definition) is 7. The predicted octanol–water partition coefficient (Wildman–Crippen LogP) is 3.42. The lowest BCUT2D eigenvalue weighted by atomic mass is 10.0. The number of sulfonamides is 1. The Hall–Kier alpha value is -4.11. The van der Waals surface area contributed by atoms with E-state index in [1.54, 1.807) is 82.0 Å². The van der Waals surface area contributed by atoms with E-state index in [0.29, 0.717) is 17.0 Å². The van der Waals surface area contributed by atoms with E-state index in [1.807, 2.05) is 6.92 Å². The van der Waals surface area contributed by atoms with Gasteiger partial charge in [-0.2, -0.15) is 4.31 Å². The summed E-state index contributed by atoms with van der Waals surface area (Å²) in [6, 6.07) is 14.3. The molecule has 2 amide bonds. The van der Waals surface area contributed by atoms with Gasteiger partial charge >= 0.3 is 6.03 Å². The fraction of sp³-hybridized carbons (Fsp3) is 0.333. The molecule has 0 unspecified atom stereocenters. The zero-order valence-electron chi connectivity index (χ0n) is 23.4. The van der Waals surface area contributed by atoms with Gasteiger partial charge in [-0.05, 0) is 49.4 Å². The number of carbonyl (C=O) groups excluding carboxylic acids is 1. The Labute approximate surface area is 241 Å². The highest BCUT2D eigenvalue weighted by Gasteiger charge is 2.38. The van der Waals surface area contributed by atoms with Gasteiger partial charge in [0.1, 0.15) is 22.5 Å². The molecule has 2 aromatic carbocycles. The first-order valence-electron chi connectivity index (χ1n) is 13.1. The van der Waals surface area contributed by atoms with Crippen molar-refractivity contribution in [3.8, 4) is 23.3 Å². The number of nitrogens with one attached hydrogen (secondary N) is 1. The topological polar surface area (TPSA) is 121 Å². The minimum Gasteiger partial charge on any atom is -0.497 e. The van der Waals surface area contributed by atoms with Crippen molar-refractivity contribution < 1.29 is 27.8 Å². The van der Waals surface area contributed by atoms with Crippen LogP contribution in [0.4, 0.5) is 10.5 Å². The average molecular weight is 579 g/mol. The van der Waals surface area contributed by atoms with Crippen LogP contribution in [-0.4, -0.2) is 79.7 Å². The van der Waals surface area contributed by atoms with Crippen molar-refractivity contribution >= 4 is 21.7 Å². The fourth-order valence-electron chi connectivity index (χ4n) is 4.37. The molecular weight excluding hydrogens is 544 g/mol. The van der Waals surface area contributed by atoms with Crippen molar-refractivity contribution in [2.75, 3.05) is 39.2 Å². The highest BCUT2D eigenvalue weighted by atomic mass is 32.2. The fourth-order valence-corrected chi connectivity index (χ4v) is 6.20. The number of rotatable bonds is 6. The van der Waals surface area contributed by atoms with E-state index in [9.17, 15) is 18.3 Å². The molecule has 2 N–H and O–H groups in total. The minimum absolute atomic E-state index is 0.0207. The van der Waals surface area contributed by atoms with Crippen LogP contribution >= 0.6 is 0 Å². The SMILES string of the molecule is COc1cccc(NC(=O)N(C)C[C@H]2Oc3cc(C#Cc4ccncc4)ccc3S(=O)(=O)N([C@H](C)CO)C[C@@H]2C)c1. The Morgan fingerprint density at radius 2 is 1.93 bits per heavy atom. The van der Waals surface area contributed by atoms with Crippen LogP contribution < -0.4 is 14.8 Å². The van der Waals surface area contributed by atoms with E-state index < -0.39 is 22.2 Å². The smallest absolute Gasteiger partial charge is 0.321 e. The number of likely N-dealkylation sites (N-methyl/N-ethyl adjacent to an activating group) is 1. The number of fused-ring (bicyclic) bond motifs is 1. The molecule has 0 spiro atoms. The number of anilines is 1. The molecule has 0 saturated heterocycles. The summed E-state index contributed by atoms with van der Waals surface area (Å²) in [5, 5.41) is 12.7. The quantitative estimate of drug-likeness (QED) is 0.430. The minimum atomic E-state index is -4.00. The lowest BCUT2D eigenvalue weighted by molar-refractivity contribution is 0.0830. The highest BCUT2D eigenvalue weighted by Crippen LogP contribution is 2.34. The Morgan fingerprint density at radius 3 is 2.63 bits per heavy atom. The van der Waals surface area contributed by atoms with Crippen LogP contribution in [0.2, 0.25) is 0 Å². The second-order valence-corrected chi connectivity index (χ2v) is 11.8.